The Morgan fingerprint density at radius 3 is 2.47 bits per heavy atom. The van der Waals surface area contributed by atoms with E-state index in [1.54, 1.807) is 4.90 Å². The second-order valence-corrected chi connectivity index (χ2v) is 5.84. The van der Waals surface area contributed by atoms with Crippen LogP contribution in [-0.2, 0) is 4.79 Å². The number of hydrogen-bond donors (Lipinski definition) is 1. The molecule has 1 saturated carbocycles. The summed E-state index contributed by atoms with van der Waals surface area (Å²) in [5.41, 5.74) is 0. The summed E-state index contributed by atoms with van der Waals surface area (Å²) < 4.78 is 0. The minimum absolute atomic E-state index is 0.0324. The van der Waals surface area contributed by atoms with Crippen molar-refractivity contribution in [3.05, 3.63) is 0 Å². The van der Waals surface area contributed by atoms with Crippen molar-refractivity contribution >= 4 is 12.0 Å². The van der Waals surface area contributed by atoms with Crippen LogP contribution in [0.25, 0.3) is 0 Å². The Morgan fingerprint density at radius 1 is 1.32 bits per heavy atom. The topological polar surface area (TPSA) is 60.9 Å². The van der Waals surface area contributed by atoms with Gasteiger partial charge in [0.05, 0.1) is 5.92 Å². The van der Waals surface area contributed by atoms with Gasteiger partial charge in [-0.05, 0) is 38.5 Å². The number of aliphatic carboxylic acids is 1. The fraction of sp³-hybridized carbons (Fsp3) is 0.857. The Balaban J connectivity index is 1.98. The first-order chi connectivity index (χ1) is 9.04. The van der Waals surface area contributed by atoms with Crippen LogP contribution in [0, 0.1) is 11.8 Å². The number of hydrogen-bond acceptors (Lipinski definition) is 2. The third-order valence-corrected chi connectivity index (χ3v) is 4.26. The summed E-state index contributed by atoms with van der Waals surface area (Å²) in [6.45, 7) is 6.11. The highest BCUT2D eigenvalue weighted by Gasteiger charge is 2.40. The van der Waals surface area contributed by atoms with Crippen LogP contribution in [0.2, 0.25) is 0 Å². The highest BCUT2D eigenvalue weighted by Crippen LogP contribution is 2.31. The lowest BCUT2D eigenvalue weighted by atomic mass is 10.0. The van der Waals surface area contributed by atoms with Crippen LogP contribution < -0.4 is 0 Å². The Hall–Kier alpha value is -1.26. The molecule has 2 atom stereocenters. The molecule has 2 rings (SSSR count). The molecular weight excluding hydrogens is 244 g/mol. The van der Waals surface area contributed by atoms with Crippen molar-refractivity contribution in [1.82, 2.24) is 9.80 Å². The maximum absolute atomic E-state index is 12.5. The zero-order valence-electron chi connectivity index (χ0n) is 11.8. The van der Waals surface area contributed by atoms with E-state index in [4.69, 9.17) is 5.11 Å². The van der Waals surface area contributed by atoms with Gasteiger partial charge in [0.1, 0.15) is 0 Å². The Labute approximate surface area is 114 Å². The Kier molecular flexibility index (Phi) is 4.32. The summed E-state index contributed by atoms with van der Waals surface area (Å²) in [4.78, 5) is 27.3. The van der Waals surface area contributed by atoms with Gasteiger partial charge in [-0.2, -0.15) is 0 Å². The van der Waals surface area contributed by atoms with Crippen LogP contribution in [0.5, 0.6) is 0 Å². The molecule has 0 radical (unpaired) electrons. The normalized spacial score (nSPS) is 26.5. The highest BCUT2D eigenvalue weighted by atomic mass is 16.4. The quantitative estimate of drug-likeness (QED) is 0.830. The highest BCUT2D eigenvalue weighted by molar-refractivity contribution is 5.78. The Morgan fingerprint density at radius 2 is 2.00 bits per heavy atom. The van der Waals surface area contributed by atoms with E-state index in [0.717, 1.165) is 19.5 Å². The fourth-order valence-corrected chi connectivity index (χ4v) is 2.87. The third-order valence-electron chi connectivity index (χ3n) is 4.26. The van der Waals surface area contributed by atoms with Gasteiger partial charge in [-0.1, -0.05) is 6.92 Å². The molecule has 1 N–H and O–H groups in total. The number of carboxylic acid groups (broad SMARTS) is 1. The zero-order valence-corrected chi connectivity index (χ0v) is 11.8. The number of amides is 2. The predicted molar refractivity (Wildman–Crippen MR) is 71.9 cm³/mol. The molecule has 1 heterocycles. The molecule has 0 spiro atoms. The average Bonchev–Trinajstić information content (AvgIpc) is 3.09. The fourth-order valence-electron chi connectivity index (χ4n) is 2.87. The third kappa shape index (κ3) is 3.19. The molecule has 0 aromatic carbocycles. The van der Waals surface area contributed by atoms with E-state index in [-0.39, 0.29) is 12.1 Å². The zero-order chi connectivity index (χ0) is 14.0. The monoisotopic (exact) mass is 268 g/mol. The summed E-state index contributed by atoms with van der Waals surface area (Å²) >= 11 is 0. The number of carbonyl (C=O) groups is 2. The van der Waals surface area contributed by atoms with E-state index in [1.165, 1.54) is 12.8 Å². The lowest BCUT2D eigenvalue weighted by molar-refractivity contribution is -0.142. The number of nitrogens with zero attached hydrogens (tertiary/aromatic N) is 2. The molecule has 5 heteroatoms. The van der Waals surface area contributed by atoms with E-state index in [9.17, 15) is 9.59 Å². The van der Waals surface area contributed by atoms with Gasteiger partial charge < -0.3 is 14.9 Å². The molecule has 2 amide bonds. The summed E-state index contributed by atoms with van der Waals surface area (Å²) in [5, 5.41) is 9.13. The molecule has 2 unspecified atom stereocenters. The molecule has 1 aliphatic heterocycles. The van der Waals surface area contributed by atoms with Gasteiger partial charge in [0, 0.05) is 25.7 Å². The smallest absolute Gasteiger partial charge is 0.320 e. The molecule has 0 aromatic rings. The second-order valence-electron chi connectivity index (χ2n) is 5.84. The minimum Gasteiger partial charge on any atom is -0.481 e. The van der Waals surface area contributed by atoms with Gasteiger partial charge >= 0.3 is 12.0 Å². The van der Waals surface area contributed by atoms with Crippen LogP contribution in [-0.4, -0.2) is 52.6 Å². The molecule has 108 valence electrons. The Bertz CT molecular complexity index is 355. The number of likely N-dealkylation sites (tertiary alicyclic amines) is 1. The number of carbonyl (C=O) groups excluding carboxylic acids is 1. The summed E-state index contributed by atoms with van der Waals surface area (Å²) in [6, 6.07) is -0.159. The molecule has 5 nitrogen and oxygen atoms in total. The van der Waals surface area contributed by atoms with Gasteiger partial charge in [0.15, 0.2) is 0 Å². The molecule has 1 saturated heterocycles. The van der Waals surface area contributed by atoms with E-state index in [1.807, 2.05) is 11.8 Å². The van der Waals surface area contributed by atoms with E-state index >= 15 is 0 Å². The van der Waals surface area contributed by atoms with Gasteiger partial charge in [-0.3, -0.25) is 4.79 Å². The summed E-state index contributed by atoms with van der Waals surface area (Å²) in [6.07, 6.45) is 3.97. The number of carboxylic acids is 1. The van der Waals surface area contributed by atoms with Crippen LogP contribution >= 0.6 is 0 Å². The van der Waals surface area contributed by atoms with Crippen LogP contribution in [0.15, 0.2) is 0 Å². The first-order valence-corrected chi connectivity index (χ1v) is 7.33. The lowest BCUT2D eigenvalue weighted by Gasteiger charge is -2.31. The van der Waals surface area contributed by atoms with Crippen molar-refractivity contribution in [2.24, 2.45) is 11.8 Å². The largest absolute Gasteiger partial charge is 0.481 e. The van der Waals surface area contributed by atoms with E-state index in [0.29, 0.717) is 18.9 Å². The summed E-state index contributed by atoms with van der Waals surface area (Å²) in [5.74, 6) is -0.524. The standard InChI is InChI=1S/C14H24N2O3/c1-3-7-15(9-11-4-5-11)14(19)16-8-6-12(10(16)2)13(17)18/h10-12H,3-9H2,1-2H3,(H,17,18). The maximum Gasteiger partial charge on any atom is 0.320 e. The molecule has 0 aromatic heterocycles. The van der Waals surface area contributed by atoms with E-state index < -0.39 is 11.9 Å². The first-order valence-electron chi connectivity index (χ1n) is 7.33. The predicted octanol–water partition coefficient (Wildman–Crippen LogP) is 2.02. The summed E-state index contributed by atoms with van der Waals surface area (Å²) in [7, 11) is 0. The first kappa shape index (κ1) is 14.2. The van der Waals surface area contributed by atoms with Crippen molar-refractivity contribution in [2.75, 3.05) is 19.6 Å². The van der Waals surface area contributed by atoms with Gasteiger partial charge in [0.2, 0.25) is 0 Å². The molecule has 2 fully saturated rings. The molecule has 0 bridgehead atoms. The second kappa shape index (κ2) is 5.80. The van der Waals surface area contributed by atoms with Crippen molar-refractivity contribution in [1.29, 1.82) is 0 Å². The molecule has 19 heavy (non-hydrogen) atoms. The van der Waals surface area contributed by atoms with Crippen molar-refractivity contribution in [3.8, 4) is 0 Å². The lowest BCUT2D eigenvalue weighted by Crippen LogP contribution is -2.47. The van der Waals surface area contributed by atoms with Crippen LogP contribution in [0.1, 0.15) is 39.5 Å². The van der Waals surface area contributed by atoms with Gasteiger partial charge in [0.25, 0.3) is 0 Å². The molecular formula is C14H24N2O3. The van der Waals surface area contributed by atoms with Gasteiger partial charge in [-0.25, -0.2) is 4.79 Å². The number of rotatable bonds is 5. The van der Waals surface area contributed by atoms with Crippen molar-refractivity contribution in [2.45, 2.75) is 45.6 Å². The average molecular weight is 268 g/mol. The SMILES string of the molecule is CCCN(CC1CC1)C(=O)N1CCC(C(=O)O)C1C. The van der Waals surface area contributed by atoms with Crippen LogP contribution in [0.4, 0.5) is 4.79 Å². The number of urea groups is 1. The van der Waals surface area contributed by atoms with E-state index in [2.05, 4.69) is 6.92 Å². The van der Waals surface area contributed by atoms with Crippen molar-refractivity contribution < 1.29 is 14.7 Å². The van der Waals surface area contributed by atoms with Crippen molar-refractivity contribution in [3.63, 3.8) is 0 Å². The maximum atomic E-state index is 12.5. The minimum atomic E-state index is -0.785. The molecule has 1 aliphatic carbocycles. The van der Waals surface area contributed by atoms with Gasteiger partial charge in [-0.15, -0.1) is 0 Å². The van der Waals surface area contributed by atoms with Crippen LogP contribution in [0.3, 0.4) is 0 Å². The molecule has 2 aliphatic rings.